The first-order valence-electron chi connectivity index (χ1n) is 5.88. The van der Waals surface area contributed by atoms with Crippen molar-refractivity contribution in [1.29, 1.82) is 0 Å². The molecule has 1 aromatic heterocycles. The Labute approximate surface area is 96.5 Å². The van der Waals surface area contributed by atoms with Crippen LogP contribution in [0, 0.1) is 6.92 Å². The molecule has 1 atom stereocenters. The van der Waals surface area contributed by atoms with E-state index in [1.54, 1.807) is 13.1 Å². The normalized spacial score (nSPS) is 20.9. The molecule has 0 aliphatic carbocycles. The third kappa shape index (κ3) is 2.08. The van der Waals surface area contributed by atoms with Gasteiger partial charge in [-0.2, -0.15) is 0 Å². The predicted octanol–water partition coefficient (Wildman–Crippen LogP) is 2.46. The zero-order valence-corrected chi connectivity index (χ0v) is 9.94. The molecule has 0 unspecified atom stereocenters. The number of pyridine rings is 1. The first kappa shape index (κ1) is 11.1. The van der Waals surface area contributed by atoms with Gasteiger partial charge in [-0.05, 0) is 43.4 Å². The summed E-state index contributed by atoms with van der Waals surface area (Å²) in [6, 6.07) is 2.25. The van der Waals surface area contributed by atoms with Gasteiger partial charge in [-0.15, -0.1) is 0 Å². The number of carbonyl (C=O) groups is 1. The maximum atomic E-state index is 11.6. The Morgan fingerprint density at radius 2 is 2.31 bits per heavy atom. The minimum atomic E-state index is 0.174. The smallest absolute Gasteiger partial charge is 0.219 e. The van der Waals surface area contributed by atoms with Crippen LogP contribution in [0.15, 0.2) is 18.5 Å². The van der Waals surface area contributed by atoms with Gasteiger partial charge < -0.3 is 4.90 Å². The van der Waals surface area contributed by atoms with E-state index in [2.05, 4.69) is 11.9 Å². The van der Waals surface area contributed by atoms with Gasteiger partial charge in [-0.1, -0.05) is 0 Å². The fraction of sp³-hybridized carbons (Fsp3) is 0.538. The van der Waals surface area contributed by atoms with Gasteiger partial charge >= 0.3 is 0 Å². The van der Waals surface area contributed by atoms with Gasteiger partial charge in [0.1, 0.15) is 0 Å². The second kappa shape index (κ2) is 4.64. The van der Waals surface area contributed by atoms with Crippen LogP contribution < -0.4 is 0 Å². The molecule has 1 aliphatic heterocycles. The summed E-state index contributed by atoms with van der Waals surface area (Å²) in [6.45, 7) is 4.63. The van der Waals surface area contributed by atoms with E-state index in [1.165, 1.54) is 17.5 Å². The molecule has 0 radical (unpaired) electrons. The number of aryl methyl sites for hydroxylation is 1. The number of hydrogen-bond donors (Lipinski definition) is 0. The molecule has 86 valence electrons. The number of nitrogens with zero attached hydrogens (tertiary/aromatic N) is 2. The number of amides is 1. The summed E-state index contributed by atoms with van der Waals surface area (Å²) in [4.78, 5) is 17.8. The van der Waals surface area contributed by atoms with Gasteiger partial charge in [0.15, 0.2) is 0 Å². The first-order valence-corrected chi connectivity index (χ1v) is 5.88. The maximum Gasteiger partial charge on any atom is 0.219 e. The Hall–Kier alpha value is -1.38. The number of likely N-dealkylation sites (tertiary alicyclic amines) is 1. The van der Waals surface area contributed by atoms with E-state index in [4.69, 9.17) is 0 Å². The molecular formula is C13H18N2O. The van der Waals surface area contributed by atoms with Crippen molar-refractivity contribution in [2.24, 2.45) is 0 Å². The van der Waals surface area contributed by atoms with E-state index < -0.39 is 0 Å². The van der Waals surface area contributed by atoms with Gasteiger partial charge in [-0.25, -0.2) is 0 Å². The average Bonchev–Trinajstić information content (AvgIpc) is 2.29. The summed E-state index contributed by atoms with van der Waals surface area (Å²) in [6.07, 6.45) is 7.09. The minimum absolute atomic E-state index is 0.174. The van der Waals surface area contributed by atoms with E-state index in [-0.39, 0.29) is 11.9 Å². The van der Waals surface area contributed by atoms with Crippen molar-refractivity contribution in [3.05, 3.63) is 29.6 Å². The van der Waals surface area contributed by atoms with Crippen LogP contribution in [0.3, 0.4) is 0 Å². The van der Waals surface area contributed by atoms with Crippen molar-refractivity contribution >= 4 is 5.91 Å². The summed E-state index contributed by atoms with van der Waals surface area (Å²) in [5.74, 6) is 0.174. The van der Waals surface area contributed by atoms with Crippen molar-refractivity contribution in [2.45, 2.75) is 39.2 Å². The van der Waals surface area contributed by atoms with Gasteiger partial charge in [-0.3, -0.25) is 9.78 Å². The zero-order chi connectivity index (χ0) is 11.5. The van der Waals surface area contributed by atoms with Crippen LogP contribution in [0.5, 0.6) is 0 Å². The van der Waals surface area contributed by atoms with Crippen molar-refractivity contribution in [2.75, 3.05) is 6.54 Å². The molecule has 2 heterocycles. The third-order valence-electron chi connectivity index (χ3n) is 3.35. The van der Waals surface area contributed by atoms with Crippen LogP contribution in [-0.4, -0.2) is 22.3 Å². The molecule has 0 N–H and O–H groups in total. The van der Waals surface area contributed by atoms with Crippen LogP contribution in [0.2, 0.25) is 0 Å². The largest absolute Gasteiger partial charge is 0.336 e. The molecule has 2 rings (SSSR count). The summed E-state index contributed by atoms with van der Waals surface area (Å²) < 4.78 is 0. The Morgan fingerprint density at radius 1 is 1.50 bits per heavy atom. The standard InChI is InChI=1S/C13H18N2O/c1-10-6-7-14-9-12(10)13-5-3-4-8-15(13)11(2)16/h6-7,9,13H,3-5,8H2,1-2H3/t13-/m1/s1. The number of rotatable bonds is 1. The lowest BCUT2D eigenvalue weighted by molar-refractivity contribution is -0.132. The van der Waals surface area contributed by atoms with E-state index in [0.29, 0.717) is 0 Å². The molecule has 1 aromatic rings. The number of aromatic nitrogens is 1. The topological polar surface area (TPSA) is 33.2 Å². The number of carbonyl (C=O) groups excluding carboxylic acids is 1. The highest BCUT2D eigenvalue weighted by Crippen LogP contribution is 2.31. The molecule has 16 heavy (non-hydrogen) atoms. The number of piperidine rings is 1. The number of hydrogen-bond acceptors (Lipinski definition) is 2. The van der Waals surface area contributed by atoms with Crippen LogP contribution in [0.25, 0.3) is 0 Å². The molecule has 0 saturated carbocycles. The van der Waals surface area contributed by atoms with Crippen molar-refractivity contribution < 1.29 is 4.79 Å². The lowest BCUT2D eigenvalue weighted by atomic mass is 9.94. The molecule has 0 spiro atoms. The monoisotopic (exact) mass is 218 g/mol. The van der Waals surface area contributed by atoms with Crippen molar-refractivity contribution in [1.82, 2.24) is 9.88 Å². The summed E-state index contributed by atoms with van der Waals surface area (Å²) >= 11 is 0. The van der Waals surface area contributed by atoms with E-state index >= 15 is 0 Å². The highest BCUT2D eigenvalue weighted by molar-refractivity contribution is 5.74. The zero-order valence-electron chi connectivity index (χ0n) is 9.94. The second-order valence-corrected chi connectivity index (χ2v) is 4.46. The Kier molecular flexibility index (Phi) is 3.22. The Morgan fingerprint density at radius 3 is 3.00 bits per heavy atom. The Bertz CT molecular complexity index is 389. The summed E-state index contributed by atoms with van der Waals surface area (Å²) in [7, 11) is 0. The van der Waals surface area contributed by atoms with Crippen LogP contribution in [0.1, 0.15) is 43.4 Å². The van der Waals surface area contributed by atoms with Gasteiger partial charge in [0, 0.05) is 25.9 Å². The fourth-order valence-electron chi connectivity index (χ4n) is 2.46. The molecule has 1 amide bonds. The maximum absolute atomic E-state index is 11.6. The molecule has 0 bridgehead atoms. The molecule has 1 fully saturated rings. The van der Waals surface area contributed by atoms with Crippen LogP contribution in [-0.2, 0) is 4.79 Å². The van der Waals surface area contributed by atoms with Gasteiger partial charge in [0.2, 0.25) is 5.91 Å². The van der Waals surface area contributed by atoms with Gasteiger partial charge in [0.05, 0.1) is 6.04 Å². The highest BCUT2D eigenvalue weighted by Gasteiger charge is 2.26. The average molecular weight is 218 g/mol. The summed E-state index contributed by atoms with van der Waals surface area (Å²) in [5, 5.41) is 0. The third-order valence-corrected chi connectivity index (χ3v) is 3.35. The van der Waals surface area contributed by atoms with E-state index in [9.17, 15) is 4.79 Å². The quantitative estimate of drug-likeness (QED) is 0.725. The molecule has 1 saturated heterocycles. The van der Waals surface area contributed by atoms with Crippen LogP contribution in [0.4, 0.5) is 0 Å². The minimum Gasteiger partial charge on any atom is -0.336 e. The first-order chi connectivity index (χ1) is 7.70. The summed E-state index contributed by atoms with van der Waals surface area (Å²) in [5.41, 5.74) is 2.44. The lowest BCUT2D eigenvalue weighted by Crippen LogP contribution is -2.37. The molecule has 3 nitrogen and oxygen atoms in total. The molecule has 1 aliphatic rings. The SMILES string of the molecule is CC(=O)N1CCCC[C@@H]1c1cnccc1C. The van der Waals surface area contributed by atoms with Gasteiger partial charge in [0.25, 0.3) is 0 Å². The highest BCUT2D eigenvalue weighted by atomic mass is 16.2. The molecule has 0 aromatic carbocycles. The van der Waals surface area contributed by atoms with Crippen molar-refractivity contribution in [3.63, 3.8) is 0 Å². The second-order valence-electron chi connectivity index (χ2n) is 4.46. The van der Waals surface area contributed by atoms with Crippen LogP contribution >= 0.6 is 0 Å². The molecular weight excluding hydrogens is 200 g/mol. The van der Waals surface area contributed by atoms with E-state index in [0.717, 1.165) is 19.4 Å². The predicted molar refractivity (Wildman–Crippen MR) is 63.0 cm³/mol. The van der Waals surface area contributed by atoms with Crippen molar-refractivity contribution in [3.8, 4) is 0 Å². The fourth-order valence-corrected chi connectivity index (χ4v) is 2.46. The van der Waals surface area contributed by atoms with E-state index in [1.807, 2.05) is 17.2 Å². The molecule has 3 heteroatoms. The Balaban J connectivity index is 2.30. The lowest BCUT2D eigenvalue weighted by Gasteiger charge is -2.35.